The Hall–Kier alpha value is -10.9. The smallest absolute Gasteiger partial charge is 0.508 e. The molecule has 3 saturated heterocycles. The average Bonchev–Trinajstić information content (AvgIpc) is 1.54. The van der Waals surface area contributed by atoms with Crippen LogP contribution in [-0.4, -0.2) is 245 Å². The van der Waals surface area contributed by atoms with E-state index in [1.54, 1.807) is 26.0 Å². The van der Waals surface area contributed by atoms with Crippen molar-refractivity contribution in [3.63, 3.8) is 0 Å². The summed E-state index contributed by atoms with van der Waals surface area (Å²) < 4.78 is 93.7. The highest BCUT2D eigenvalue weighted by Gasteiger charge is 2.53. The van der Waals surface area contributed by atoms with Crippen molar-refractivity contribution >= 4 is 81.9 Å². The summed E-state index contributed by atoms with van der Waals surface area (Å²) in [7, 11) is 1.45. The fourth-order valence-electron chi connectivity index (χ4n) is 15.8. The molecule has 45 heteroatoms. The number of phenolic OH excluding ortho intramolecular Hbond substituents is 3. The summed E-state index contributed by atoms with van der Waals surface area (Å²) in [5.41, 5.74) is 8.39. The van der Waals surface area contributed by atoms with Gasteiger partial charge in [0.1, 0.15) is 126 Å². The summed E-state index contributed by atoms with van der Waals surface area (Å²) in [6.45, 7) is 5.14. The van der Waals surface area contributed by atoms with Gasteiger partial charge in [-0.25, -0.2) is 4.79 Å². The number of thiophene rings is 1. The number of nitrogens with two attached hydrogens (primary N) is 2. The molecule has 0 aliphatic carbocycles. The molecule has 7 amide bonds. The summed E-state index contributed by atoms with van der Waals surface area (Å²) in [6.07, 6.45) is -34.8. The van der Waals surface area contributed by atoms with Crippen molar-refractivity contribution in [3.8, 4) is 73.3 Å². The number of hydrogen-bond acceptors (Lipinski definition) is 32. The molecule has 0 radical (unpaired) electrons. The third-order valence-electron chi connectivity index (χ3n) is 22.4. The van der Waals surface area contributed by atoms with E-state index in [-0.39, 0.29) is 43.0 Å². The first kappa shape index (κ1) is 95.7. The minimum atomic E-state index is -4.91. The number of benzene rings is 6. The van der Waals surface area contributed by atoms with E-state index in [1.165, 1.54) is 56.5 Å². The number of carbonyl (C=O) groups excluding carboxylic acids is 7. The number of halogens is 5. The Labute approximate surface area is 744 Å². The molecule has 8 aliphatic heterocycles. The highest BCUT2D eigenvalue weighted by molar-refractivity contribution is 7.15. The topological polar surface area (TPSA) is 611 Å². The van der Waals surface area contributed by atoms with Gasteiger partial charge in [0.2, 0.25) is 53.4 Å². The van der Waals surface area contributed by atoms with E-state index in [2.05, 4.69) is 47.3 Å². The van der Waals surface area contributed by atoms with Crippen molar-refractivity contribution in [2.24, 2.45) is 17.4 Å². The van der Waals surface area contributed by atoms with Crippen LogP contribution in [0, 0.1) is 5.92 Å². The summed E-state index contributed by atoms with van der Waals surface area (Å²) in [6, 6.07) is 7.17. The minimum absolute atomic E-state index is 0.0837. The largest absolute Gasteiger partial charge is 0.573 e. The van der Waals surface area contributed by atoms with Crippen LogP contribution in [0.1, 0.15) is 110 Å². The zero-order valence-corrected chi connectivity index (χ0v) is 71.1. The number of ether oxygens (including phenoxy) is 9. The fraction of sp³-hybridized carbons (Fsp3) is 0.429. The third-order valence-corrected chi connectivity index (χ3v) is 24.1. The zero-order chi connectivity index (χ0) is 93.4. The second-order valence-electron chi connectivity index (χ2n) is 32.3. The highest BCUT2D eigenvalue weighted by Crippen LogP contribution is 2.51. The first-order valence-corrected chi connectivity index (χ1v) is 41.8. The lowest BCUT2D eigenvalue weighted by Gasteiger charge is -2.46. The Morgan fingerprint density at radius 3 is 1.93 bits per heavy atom. The second-order valence-corrected chi connectivity index (χ2v) is 34.3. The van der Waals surface area contributed by atoms with Crippen LogP contribution < -0.4 is 72.9 Å². The number of aliphatic hydroxyl groups is 8. The predicted molar refractivity (Wildman–Crippen MR) is 443 cm³/mol. The number of aliphatic hydroxyl groups excluding tert-OH is 8. The van der Waals surface area contributed by atoms with E-state index in [1.807, 2.05) is 0 Å². The number of fused-ring (bicyclic) bond motifs is 15. The van der Waals surface area contributed by atoms with E-state index in [0.29, 0.717) is 15.3 Å². The molecule has 0 saturated carbocycles. The van der Waals surface area contributed by atoms with Gasteiger partial charge in [0.15, 0.2) is 30.1 Å². The molecule has 23 atom stereocenters. The van der Waals surface area contributed by atoms with Gasteiger partial charge < -0.3 is 158 Å². The number of carboxylic acid groups (broad SMARTS) is 1. The molecule has 9 heterocycles. The predicted octanol–water partition coefficient (Wildman–Crippen LogP) is 2.36. The Kier molecular flexibility index (Phi) is 29.2. The lowest BCUT2D eigenvalue weighted by molar-refractivity contribution is -0.350. The van der Waals surface area contributed by atoms with Crippen molar-refractivity contribution in [3.05, 3.63) is 158 Å². The maximum atomic E-state index is 16.4. The SMILES string of the molecule is CN[C@H](CC(C)C)C(=O)NC1C(=O)N[C@H](CC(N)=O)C(=O)N[C@H]2C(=O)N[C@H]3C(=O)N[C@H](C(=O)N[C@@H](C(=O)O)c4cc(O)cc(O)c4-c4cc3ccc4O)[C@H](OC3C[C@](C)(N)[C@@H](O)[C@H](C)O3)c3ccc(c(Cl)c3)Oc3cc2cc(c3O[C@@H]2O[C@H](CO)[C@@H](O[C@@H]3O[C@H](CNCc4ccc(-c5ccc(OC(F)(F)F)cc5)s4)[C@H](O)[C@H](O)[C@H]3O)[C@H](O)[C@H]2O)Oc2ccc(cc2Cl)[C@H]1O. The maximum absolute atomic E-state index is 16.4. The number of aromatic hydroxyl groups is 3. The van der Waals surface area contributed by atoms with Crippen LogP contribution in [0.2, 0.25) is 10.0 Å². The van der Waals surface area contributed by atoms with Gasteiger partial charge in [-0.15, -0.1) is 24.5 Å². The molecule has 39 nitrogen and oxygen atoms in total. The van der Waals surface area contributed by atoms with E-state index in [0.717, 1.165) is 78.9 Å². The number of aliphatic carboxylic acids is 1. The number of nitrogens with one attached hydrogen (secondary N) is 8. The first-order valence-electron chi connectivity index (χ1n) is 40.2. The number of carbonyl (C=O) groups is 8. The average molecular weight is 1870 g/mol. The van der Waals surface area contributed by atoms with Gasteiger partial charge in [0.05, 0.1) is 41.3 Å². The molecule has 129 heavy (non-hydrogen) atoms. The van der Waals surface area contributed by atoms with Gasteiger partial charge in [-0.2, -0.15) is 0 Å². The lowest BCUT2D eigenvalue weighted by atomic mass is 9.86. The van der Waals surface area contributed by atoms with Crippen LogP contribution in [0.4, 0.5) is 13.2 Å². The summed E-state index contributed by atoms with van der Waals surface area (Å²) >= 11 is 15.7. The van der Waals surface area contributed by atoms with Crippen LogP contribution >= 0.6 is 34.5 Å². The van der Waals surface area contributed by atoms with E-state index in [4.69, 9.17) is 72.6 Å². The number of phenols is 3. The monoisotopic (exact) mass is 1860 g/mol. The Morgan fingerprint density at radius 2 is 1.30 bits per heavy atom. The fourth-order valence-corrected chi connectivity index (χ4v) is 17.2. The van der Waals surface area contributed by atoms with E-state index in [9.17, 15) is 88.8 Å². The van der Waals surface area contributed by atoms with Crippen LogP contribution in [0.25, 0.3) is 21.6 Å². The lowest BCUT2D eigenvalue weighted by Crippen LogP contribution is -2.65. The Balaban J connectivity index is 0.946. The maximum Gasteiger partial charge on any atom is 0.573 e. The van der Waals surface area contributed by atoms with Crippen LogP contribution in [0.5, 0.6) is 51.7 Å². The Bertz CT molecular complexity index is 5370. The van der Waals surface area contributed by atoms with Crippen LogP contribution in [-0.2, 0) is 68.6 Å². The molecular formula is C84H93Cl2F3N10O29S. The molecule has 24 N–H and O–H groups in total. The van der Waals surface area contributed by atoms with Crippen molar-refractivity contribution in [1.82, 2.24) is 42.5 Å². The standard InChI is InChI=1S/C84H93Cl2F3N10O29S/c1-31(2)18-45(92-5)74(112)98-62-64(105)35-9-15-49(43(85)20-35)121-51-22-37-23-52(71(51)126-82-69(110)67(108)72(54(30-100)124-82)127-81-68(109)66(107)65(106)53(123-81)29-93-28-40-13-17-55(129-40)33-6-11-39(12-7-33)128-84(87,88)89)122-50-16-10-36(21-44(50)86)70(125-57-27-83(4,91)73(111)32(3)120-57)63-79(117)97-61(80(118)119)42-24-38(101)25-48(103)58(42)41-19-34(8-14-47(41)102)59(76(114)99-63)96-77(115)60(37)95-75(113)46(26-56(90)104)94-78(62)116/h6-17,19-25,31-32,45-46,53-54,57,59-70,72-73,81-82,92-93,100-103,105-111H,18,26-30,91H2,1-5H3,(H2,90,104)(H,94,116)(H,95,113)(H,96,115)(H,97,117)(H,98,112)(H,99,114)(H,118,119)/t32-,45+,46+,53+,54+,57?,59+,60+,61+,62?,63-,64+,65-,66-,67+,68+,69+,70+,72+,73-,81-,82-,83-/m0/s1. The van der Waals surface area contributed by atoms with Crippen molar-refractivity contribution in [2.75, 3.05) is 20.2 Å². The van der Waals surface area contributed by atoms with Crippen molar-refractivity contribution in [1.29, 1.82) is 0 Å². The molecule has 6 aromatic carbocycles. The number of alkyl halides is 3. The van der Waals surface area contributed by atoms with Crippen molar-refractivity contribution in [2.45, 2.75) is 200 Å². The minimum Gasteiger partial charge on any atom is -0.508 e. The van der Waals surface area contributed by atoms with Crippen molar-refractivity contribution < 1.29 is 155 Å². The van der Waals surface area contributed by atoms with Gasteiger partial charge in [-0.3, -0.25) is 33.6 Å². The summed E-state index contributed by atoms with van der Waals surface area (Å²) in [5, 5.41) is 159. The molecular weight excluding hydrogens is 1770 g/mol. The summed E-state index contributed by atoms with van der Waals surface area (Å²) in [5.74, 6) is -17.4. The van der Waals surface area contributed by atoms with Crippen LogP contribution in [0.15, 0.2) is 115 Å². The first-order chi connectivity index (χ1) is 61.0. The van der Waals surface area contributed by atoms with Gasteiger partial charge in [0.25, 0.3) is 0 Å². The zero-order valence-electron chi connectivity index (χ0n) is 68.8. The molecule has 2 unspecified atom stereocenters. The quantitative estimate of drug-likeness (QED) is 0.0491. The summed E-state index contributed by atoms with van der Waals surface area (Å²) in [4.78, 5) is 122. The van der Waals surface area contributed by atoms with Crippen LogP contribution in [0.3, 0.4) is 0 Å². The number of primary amides is 1. The molecule has 0 spiro atoms. The van der Waals surface area contributed by atoms with Gasteiger partial charge >= 0.3 is 12.3 Å². The Morgan fingerprint density at radius 1 is 0.674 bits per heavy atom. The second kappa shape index (κ2) is 39.4. The molecule has 1 aromatic heterocycles. The number of amides is 7. The van der Waals surface area contributed by atoms with E-state index < -0.39 is 296 Å². The number of hydrogen-bond donors (Lipinski definition) is 22. The van der Waals surface area contributed by atoms with E-state index >= 15 is 24.0 Å². The highest BCUT2D eigenvalue weighted by atomic mass is 35.5. The molecule has 3 fully saturated rings. The molecule has 694 valence electrons. The molecule has 11 bridgehead atoms. The van der Waals surface area contributed by atoms with Gasteiger partial charge in [0, 0.05) is 57.6 Å². The molecule has 7 aromatic rings. The molecule has 15 rings (SSSR count). The normalized spacial score (nSPS) is 29.3. The molecule has 8 aliphatic rings. The third kappa shape index (κ3) is 21.4. The number of likely N-dealkylation sites (N-methyl/N-ethyl adjacent to an activating group) is 1. The number of carboxylic acids is 1. The van der Waals surface area contributed by atoms with Gasteiger partial charge in [-0.05, 0) is 152 Å². The number of rotatable bonds is 21. The van der Waals surface area contributed by atoms with Gasteiger partial charge in [-0.1, -0.05) is 55.2 Å².